The smallest absolute Gasteiger partial charge is 0.408 e. The molecule has 12 heteroatoms. The number of aliphatic hydroxyl groups is 1. The van der Waals surface area contributed by atoms with Crippen LogP contribution in [0.3, 0.4) is 0 Å². The maximum absolute atomic E-state index is 15.1. The number of rotatable bonds is 11. The summed E-state index contributed by atoms with van der Waals surface area (Å²) in [5.41, 5.74) is -0.197. The molecular formula is C29H37ClFN3O7. The van der Waals surface area contributed by atoms with E-state index in [-0.39, 0.29) is 42.0 Å². The first-order valence-corrected chi connectivity index (χ1v) is 13.0. The summed E-state index contributed by atoms with van der Waals surface area (Å²) >= 11 is 0. The fraction of sp³-hybridized carbons (Fsp3) is 0.414. The number of alkyl carbamates (subject to hydrolysis) is 1. The topological polar surface area (TPSA) is 128 Å². The van der Waals surface area contributed by atoms with Crippen LogP contribution in [-0.2, 0) is 16.1 Å². The van der Waals surface area contributed by atoms with Gasteiger partial charge in [-0.15, -0.1) is 12.4 Å². The largest absolute Gasteiger partial charge is 0.497 e. The number of hydrogen-bond acceptors (Lipinski definition) is 7. The number of aromatic nitrogens is 1. The van der Waals surface area contributed by atoms with Crippen LogP contribution in [-0.4, -0.2) is 60.2 Å². The summed E-state index contributed by atoms with van der Waals surface area (Å²) in [7, 11) is 1.53. The maximum atomic E-state index is 15.1. The summed E-state index contributed by atoms with van der Waals surface area (Å²) in [6.45, 7) is 6.84. The second-order valence-corrected chi connectivity index (χ2v) is 10.1. The second-order valence-electron chi connectivity index (χ2n) is 10.1. The van der Waals surface area contributed by atoms with Gasteiger partial charge in [0, 0.05) is 24.8 Å². The van der Waals surface area contributed by atoms with E-state index in [9.17, 15) is 19.5 Å². The Morgan fingerprint density at radius 3 is 2.39 bits per heavy atom. The molecule has 0 radical (unpaired) electrons. The van der Waals surface area contributed by atoms with Crippen LogP contribution < -0.4 is 25.5 Å². The number of carbonyl (C=O) groups is 2. The number of ether oxygens (including phenoxy) is 3. The molecule has 1 aromatic heterocycles. The van der Waals surface area contributed by atoms with E-state index in [0.29, 0.717) is 30.1 Å². The average molecular weight is 594 g/mol. The molecule has 10 nitrogen and oxygen atoms in total. The van der Waals surface area contributed by atoms with Gasteiger partial charge in [0.05, 0.1) is 31.2 Å². The highest BCUT2D eigenvalue weighted by atomic mass is 35.5. The highest BCUT2D eigenvalue weighted by Crippen LogP contribution is 2.29. The number of hydrogen-bond donors (Lipinski definition) is 3. The lowest BCUT2D eigenvalue weighted by Gasteiger charge is -2.22. The van der Waals surface area contributed by atoms with E-state index in [1.54, 1.807) is 55.8 Å². The molecule has 2 amide bonds. The van der Waals surface area contributed by atoms with Crippen molar-refractivity contribution in [1.29, 1.82) is 0 Å². The number of fused-ring (bicyclic) bond motifs is 1. The van der Waals surface area contributed by atoms with Gasteiger partial charge in [-0.05, 0) is 57.0 Å². The van der Waals surface area contributed by atoms with E-state index in [1.165, 1.54) is 19.2 Å². The van der Waals surface area contributed by atoms with Gasteiger partial charge in [-0.1, -0.05) is 19.1 Å². The van der Waals surface area contributed by atoms with Crippen molar-refractivity contribution in [2.24, 2.45) is 0 Å². The van der Waals surface area contributed by atoms with Crippen molar-refractivity contribution < 1.29 is 33.3 Å². The quantitative estimate of drug-likeness (QED) is 0.306. The van der Waals surface area contributed by atoms with Gasteiger partial charge in [-0.2, -0.15) is 0 Å². The molecule has 0 bridgehead atoms. The summed E-state index contributed by atoms with van der Waals surface area (Å²) in [6, 6.07) is 8.25. The first-order chi connectivity index (χ1) is 19.0. The SMILES string of the molecule is CCCOc1ccc(F)c2c(=O)c(-c3ccc(OC)cc3)cn(CCNC(=O)[C@H](CO)NC(=O)OC(C)(C)C)c12.Cl. The van der Waals surface area contributed by atoms with E-state index in [1.807, 2.05) is 6.92 Å². The first-order valence-electron chi connectivity index (χ1n) is 13.0. The van der Waals surface area contributed by atoms with Gasteiger partial charge in [0.15, 0.2) is 5.43 Å². The molecule has 0 unspecified atom stereocenters. The molecule has 0 fully saturated rings. The van der Waals surface area contributed by atoms with Gasteiger partial charge in [0.1, 0.15) is 29.0 Å². The third-order valence-corrected chi connectivity index (χ3v) is 5.84. The van der Waals surface area contributed by atoms with Crippen molar-refractivity contribution in [3.05, 3.63) is 58.6 Å². The van der Waals surface area contributed by atoms with Gasteiger partial charge >= 0.3 is 6.09 Å². The zero-order chi connectivity index (χ0) is 29.4. The average Bonchev–Trinajstić information content (AvgIpc) is 2.91. The third kappa shape index (κ3) is 8.58. The predicted octanol–water partition coefficient (Wildman–Crippen LogP) is 4.03. The highest BCUT2D eigenvalue weighted by Gasteiger charge is 2.24. The van der Waals surface area contributed by atoms with E-state index in [2.05, 4.69) is 10.6 Å². The number of pyridine rings is 1. The highest BCUT2D eigenvalue weighted by molar-refractivity contribution is 5.89. The van der Waals surface area contributed by atoms with Crippen molar-refractivity contribution in [3.8, 4) is 22.6 Å². The van der Waals surface area contributed by atoms with Crippen LogP contribution in [0.15, 0.2) is 47.4 Å². The van der Waals surface area contributed by atoms with E-state index in [4.69, 9.17) is 14.2 Å². The molecule has 3 N–H and O–H groups in total. The Kier molecular flexibility index (Phi) is 12.0. The van der Waals surface area contributed by atoms with Gasteiger partial charge in [-0.3, -0.25) is 9.59 Å². The number of methoxy groups -OCH3 is 1. The molecule has 0 saturated heterocycles. The number of nitrogens with zero attached hydrogens (tertiary/aromatic N) is 1. The fourth-order valence-electron chi connectivity index (χ4n) is 4.01. The molecule has 0 aliphatic carbocycles. The summed E-state index contributed by atoms with van der Waals surface area (Å²) in [6.07, 6.45) is 1.46. The van der Waals surface area contributed by atoms with Gasteiger partial charge in [-0.25, -0.2) is 9.18 Å². The Morgan fingerprint density at radius 1 is 1.12 bits per heavy atom. The molecule has 0 saturated carbocycles. The lowest BCUT2D eigenvalue weighted by atomic mass is 10.0. The number of nitrogens with one attached hydrogen (secondary N) is 2. The molecule has 0 aliphatic heterocycles. The molecule has 3 aromatic rings. The second kappa shape index (κ2) is 14.7. The minimum Gasteiger partial charge on any atom is -0.497 e. The van der Waals surface area contributed by atoms with Crippen LogP contribution in [0.25, 0.3) is 22.0 Å². The monoisotopic (exact) mass is 593 g/mol. The molecule has 224 valence electrons. The number of benzene rings is 2. The minimum absolute atomic E-state index is 0. The molecular weight excluding hydrogens is 557 g/mol. The van der Waals surface area contributed by atoms with Gasteiger partial charge in [0.2, 0.25) is 5.91 Å². The zero-order valence-electron chi connectivity index (χ0n) is 23.8. The molecule has 0 spiro atoms. The van der Waals surface area contributed by atoms with Crippen molar-refractivity contribution in [2.45, 2.75) is 52.3 Å². The Hall–Kier alpha value is -3.83. The predicted molar refractivity (Wildman–Crippen MR) is 156 cm³/mol. The zero-order valence-corrected chi connectivity index (χ0v) is 24.6. The van der Waals surface area contributed by atoms with E-state index in [0.717, 1.165) is 0 Å². The van der Waals surface area contributed by atoms with Gasteiger partial charge in [0.25, 0.3) is 0 Å². The third-order valence-electron chi connectivity index (χ3n) is 5.84. The lowest BCUT2D eigenvalue weighted by molar-refractivity contribution is -0.124. The number of carbonyl (C=O) groups excluding carboxylic acids is 2. The van der Waals surface area contributed by atoms with Crippen LogP contribution in [0.4, 0.5) is 9.18 Å². The van der Waals surface area contributed by atoms with Crippen LogP contribution in [0, 0.1) is 5.82 Å². The van der Waals surface area contributed by atoms with Crippen molar-refractivity contribution in [3.63, 3.8) is 0 Å². The Bertz CT molecular complexity index is 1400. The molecule has 0 aliphatic rings. The van der Waals surface area contributed by atoms with Crippen LogP contribution >= 0.6 is 12.4 Å². The standard InChI is InChI=1S/C29H36FN3O7.ClH/c1-6-15-39-23-12-11-21(30)24-25(23)33(16-20(26(24)35)18-7-9-19(38-5)10-8-18)14-13-31-27(36)22(17-34)32-28(37)40-29(2,3)4;/h7-12,16,22,34H,6,13-15,17H2,1-5H3,(H,31,36)(H,32,37);1H/t22-;/m0./s1. The van der Waals surface area contributed by atoms with Crippen LogP contribution in [0.5, 0.6) is 11.5 Å². The Labute approximate surface area is 244 Å². The summed E-state index contributed by atoms with van der Waals surface area (Å²) in [4.78, 5) is 38.3. The Balaban J connectivity index is 0.00000588. The molecule has 1 heterocycles. The number of halogens is 2. The summed E-state index contributed by atoms with van der Waals surface area (Å²) in [5, 5.41) is 14.5. The van der Waals surface area contributed by atoms with Gasteiger partial charge < -0.3 is 34.5 Å². The van der Waals surface area contributed by atoms with Crippen LogP contribution in [0.2, 0.25) is 0 Å². The summed E-state index contributed by atoms with van der Waals surface area (Å²) in [5.74, 6) is -0.392. The van der Waals surface area contributed by atoms with E-state index >= 15 is 4.39 Å². The normalized spacial score (nSPS) is 11.8. The fourth-order valence-corrected chi connectivity index (χ4v) is 4.01. The summed E-state index contributed by atoms with van der Waals surface area (Å²) < 4.78 is 33.0. The van der Waals surface area contributed by atoms with E-state index < -0.39 is 41.5 Å². The van der Waals surface area contributed by atoms with Crippen LogP contribution in [0.1, 0.15) is 34.1 Å². The van der Waals surface area contributed by atoms with Crippen molar-refractivity contribution in [1.82, 2.24) is 15.2 Å². The molecule has 2 aromatic carbocycles. The lowest BCUT2D eigenvalue weighted by Crippen LogP contribution is -2.50. The molecule has 3 rings (SSSR count). The molecule has 1 atom stereocenters. The Morgan fingerprint density at radius 2 is 1.80 bits per heavy atom. The number of aliphatic hydroxyl groups excluding tert-OH is 1. The van der Waals surface area contributed by atoms with Crippen molar-refractivity contribution >= 4 is 35.3 Å². The maximum Gasteiger partial charge on any atom is 0.408 e. The molecule has 41 heavy (non-hydrogen) atoms. The number of amides is 2. The minimum atomic E-state index is -1.24. The first kappa shape index (κ1) is 33.4. The van der Waals surface area contributed by atoms with Crippen molar-refractivity contribution in [2.75, 3.05) is 26.9 Å².